The average molecular weight is 314 g/mol. The zero-order valence-corrected chi connectivity index (χ0v) is 12.8. The number of carbonyl (C=O) groups is 3. The second-order valence-electron chi connectivity index (χ2n) is 5.70. The van der Waals surface area contributed by atoms with Crippen molar-refractivity contribution in [2.45, 2.75) is 18.5 Å². The fraction of sp³-hybridized carbons (Fsp3) is 0.353. The van der Waals surface area contributed by atoms with Crippen molar-refractivity contribution < 1.29 is 19.1 Å². The van der Waals surface area contributed by atoms with Gasteiger partial charge < -0.3 is 15.0 Å². The summed E-state index contributed by atoms with van der Waals surface area (Å²) in [6, 6.07) is 8.65. The highest BCUT2D eigenvalue weighted by molar-refractivity contribution is 5.95. The molecule has 0 saturated carbocycles. The molecule has 0 radical (unpaired) electrons. The number of ether oxygens (including phenoxy) is 1. The first-order valence-corrected chi connectivity index (χ1v) is 7.50. The number of β-lactam (4-membered cyclic amide) rings is 1. The van der Waals surface area contributed by atoms with Crippen molar-refractivity contribution in [2.24, 2.45) is 5.92 Å². The van der Waals surface area contributed by atoms with Crippen LogP contribution in [0.3, 0.4) is 0 Å². The molecule has 23 heavy (non-hydrogen) atoms. The van der Waals surface area contributed by atoms with Crippen LogP contribution in [0.15, 0.2) is 42.5 Å². The molecule has 1 N–H and O–H groups in total. The highest BCUT2D eigenvalue weighted by Crippen LogP contribution is 2.35. The molecule has 1 heterocycles. The van der Waals surface area contributed by atoms with Gasteiger partial charge in [-0.1, -0.05) is 42.5 Å². The number of nitrogens with zero attached hydrogens (tertiary/aromatic N) is 1. The maximum Gasteiger partial charge on any atom is 0.328 e. The average Bonchev–Trinajstić information content (AvgIpc) is 2.53. The summed E-state index contributed by atoms with van der Waals surface area (Å²) >= 11 is 0. The largest absolute Gasteiger partial charge is 0.467 e. The molecule has 120 valence electrons. The van der Waals surface area contributed by atoms with E-state index in [9.17, 15) is 14.4 Å². The molecule has 2 amide bonds. The zero-order valence-electron chi connectivity index (χ0n) is 12.8. The van der Waals surface area contributed by atoms with Gasteiger partial charge in [-0.3, -0.25) is 9.59 Å². The van der Waals surface area contributed by atoms with Gasteiger partial charge in [0.25, 0.3) is 0 Å². The topological polar surface area (TPSA) is 75.7 Å². The summed E-state index contributed by atoms with van der Waals surface area (Å²) in [4.78, 5) is 37.3. The third-order valence-electron chi connectivity index (χ3n) is 4.23. The third-order valence-corrected chi connectivity index (χ3v) is 4.23. The number of hydrogen-bond donors (Lipinski definition) is 1. The van der Waals surface area contributed by atoms with Crippen molar-refractivity contribution in [1.82, 2.24) is 10.2 Å². The van der Waals surface area contributed by atoms with E-state index in [0.717, 1.165) is 5.56 Å². The van der Waals surface area contributed by atoms with Gasteiger partial charge in [0.15, 0.2) is 0 Å². The highest BCUT2D eigenvalue weighted by Gasteiger charge is 2.49. The van der Waals surface area contributed by atoms with Gasteiger partial charge in [-0.25, -0.2) is 4.79 Å². The lowest BCUT2D eigenvalue weighted by molar-refractivity contribution is -0.155. The maximum atomic E-state index is 12.2. The van der Waals surface area contributed by atoms with E-state index in [-0.39, 0.29) is 30.3 Å². The molecule has 1 fully saturated rings. The van der Waals surface area contributed by atoms with E-state index in [2.05, 4.69) is 5.32 Å². The van der Waals surface area contributed by atoms with Gasteiger partial charge in [-0.15, -0.1) is 0 Å². The number of fused-ring (bicyclic) bond motifs is 1. The van der Waals surface area contributed by atoms with E-state index in [1.807, 2.05) is 42.5 Å². The van der Waals surface area contributed by atoms with Crippen molar-refractivity contribution >= 4 is 17.8 Å². The van der Waals surface area contributed by atoms with E-state index in [0.29, 0.717) is 6.42 Å². The van der Waals surface area contributed by atoms with Crippen LogP contribution in [0.1, 0.15) is 5.56 Å². The van der Waals surface area contributed by atoms with Crippen molar-refractivity contribution in [3.05, 3.63) is 48.0 Å². The Labute approximate surface area is 134 Å². The lowest BCUT2D eigenvalue weighted by Crippen LogP contribution is -2.65. The van der Waals surface area contributed by atoms with Crippen LogP contribution < -0.4 is 5.32 Å². The number of carbonyl (C=O) groups excluding carboxylic acids is 3. The van der Waals surface area contributed by atoms with E-state index in [1.54, 1.807) is 0 Å². The van der Waals surface area contributed by atoms with Crippen LogP contribution in [-0.2, 0) is 25.5 Å². The second kappa shape index (κ2) is 6.24. The Balaban J connectivity index is 1.59. The molecule has 0 spiro atoms. The smallest absolute Gasteiger partial charge is 0.328 e. The molecule has 1 aromatic rings. The van der Waals surface area contributed by atoms with Gasteiger partial charge in [0, 0.05) is 6.42 Å². The lowest BCUT2D eigenvalue weighted by Gasteiger charge is -2.49. The minimum atomic E-state index is -0.765. The SMILES string of the molecule is COC(=O)[C@H](Cc1ccccc1)NC(=O)CN1C(=O)[C@H]2C=C[C@H]21. The van der Waals surface area contributed by atoms with Gasteiger partial charge in [0.05, 0.1) is 19.1 Å². The summed E-state index contributed by atoms with van der Waals surface area (Å²) in [7, 11) is 1.29. The molecule has 3 rings (SSSR count). The number of esters is 1. The molecule has 1 aliphatic heterocycles. The van der Waals surface area contributed by atoms with Crippen molar-refractivity contribution in [2.75, 3.05) is 13.7 Å². The minimum Gasteiger partial charge on any atom is -0.467 e. The number of hydrogen-bond acceptors (Lipinski definition) is 4. The van der Waals surface area contributed by atoms with E-state index < -0.39 is 12.0 Å². The first kappa shape index (κ1) is 15.3. The van der Waals surface area contributed by atoms with Gasteiger partial charge in [0.1, 0.15) is 12.6 Å². The Morgan fingerprint density at radius 2 is 2.00 bits per heavy atom. The standard InChI is InChI=1S/C17H18N2O4/c1-23-17(22)13(9-11-5-3-2-4-6-11)18-15(20)10-19-14-8-7-12(14)16(19)21/h2-8,12-14H,9-10H2,1H3,(H,18,20)/t12-,13-,14+/m0/s1. The second-order valence-corrected chi connectivity index (χ2v) is 5.70. The number of methoxy groups -OCH3 is 1. The van der Waals surface area contributed by atoms with E-state index >= 15 is 0 Å². The van der Waals surface area contributed by atoms with Crippen LogP contribution in [0, 0.1) is 5.92 Å². The lowest BCUT2D eigenvalue weighted by atomic mass is 9.78. The molecule has 0 aromatic heterocycles. The van der Waals surface area contributed by atoms with E-state index in [4.69, 9.17) is 4.74 Å². The summed E-state index contributed by atoms with van der Waals surface area (Å²) in [5.74, 6) is -0.948. The fourth-order valence-electron chi connectivity index (χ4n) is 2.87. The molecule has 1 aliphatic carbocycles. The molecule has 1 aromatic carbocycles. The summed E-state index contributed by atoms with van der Waals surface area (Å²) in [6.45, 7) is -0.0351. The number of rotatable bonds is 6. The van der Waals surface area contributed by atoms with Gasteiger partial charge in [-0.05, 0) is 5.56 Å². The van der Waals surface area contributed by atoms with Crippen LogP contribution in [0.5, 0.6) is 0 Å². The fourth-order valence-corrected chi connectivity index (χ4v) is 2.87. The van der Waals surface area contributed by atoms with Crippen LogP contribution in [-0.4, -0.2) is 48.4 Å². The Bertz CT molecular complexity index is 656. The Morgan fingerprint density at radius 1 is 1.26 bits per heavy atom. The molecule has 0 unspecified atom stereocenters. The minimum absolute atomic E-state index is 0.0351. The molecule has 1 saturated heterocycles. The Hall–Kier alpha value is -2.63. The summed E-state index contributed by atoms with van der Waals surface area (Å²) in [5, 5.41) is 2.66. The first-order valence-electron chi connectivity index (χ1n) is 7.50. The summed E-state index contributed by atoms with van der Waals surface area (Å²) in [6.07, 6.45) is 4.09. The van der Waals surface area contributed by atoms with Crippen LogP contribution in [0.2, 0.25) is 0 Å². The predicted octanol–water partition coefficient (Wildman–Crippen LogP) is 0.284. The maximum absolute atomic E-state index is 12.2. The van der Waals surface area contributed by atoms with Crippen LogP contribution >= 0.6 is 0 Å². The highest BCUT2D eigenvalue weighted by atomic mass is 16.5. The number of nitrogens with one attached hydrogen (secondary N) is 1. The van der Waals surface area contributed by atoms with Crippen LogP contribution in [0.25, 0.3) is 0 Å². The molecule has 6 heteroatoms. The van der Waals surface area contributed by atoms with Gasteiger partial charge in [0.2, 0.25) is 11.8 Å². The van der Waals surface area contributed by atoms with Gasteiger partial charge >= 0.3 is 5.97 Å². The van der Waals surface area contributed by atoms with E-state index in [1.165, 1.54) is 12.0 Å². The first-order chi connectivity index (χ1) is 11.1. The molecular formula is C17H18N2O4. The molecule has 2 aliphatic rings. The molecule has 3 atom stereocenters. The number of likely N-dealkylation sites (tertiary alicyclic amines) is 1. The normalized spacial score (nSPS) is 22.5. The summed E-state index contributed by atoms with van der Waals surface area (Å²) in [5.41, 5.74) is 0.921. The van der Waals surface area contributed by atoms with Crippen LogP contribution in [0.4, 0.5) is 0 Å². The quantitative estimate of drug-likeness (QED) is 0.465. The molecule has 6 nitrogen and oxygen atoms in total. The van der Waals surface area contributed by atoms with Crippen molar-refractivity contribution in [3.8, 4) is 0 Å². The molecular weight excluding hydrogens is 296 g/mol. The van der Waals surface area contributed by atoms with Crippen molar-refractivity contribution in [3.63, 3.8) is 0 Å². The third kappa shape index (κ3) is 2.97. The Kier molecular flexibility index (Phi) is 4.14. The van der Waals surface area contributed by atoms with Crippen molar-refractivity contribution in [1.29, 1.82) is 0 Å². The number of benzene rings is 1. The predicted molar refractivity (Wildman–Crippen MR) is 82.2 cm³/mol. The molecule has 0 bridgehead atoms. The number of amides is 2. The zero-order chi connectivity index (χ0) is 16.4. The monoisotopic (exact) mass is 314 g/mol. The Morgan fingerprint density at radius 3 is 2.57 bits per heavy atom. The van der Waals surface area contributed by atoms with Gasteiger partial charge in [-0.2, -0.15) is 0 Å². The summed E-state index contributed by atoms with van der Waals surface area (Å²) < 4.78 is 4.76.